The monoisotopic (exact) mass is 216 g/mol. The minimum atomic E-state index is 0.199. The van der Waals surface area contributed by atoms with E-state index in [0.29, 0.717) is 6.42 Å². The van der Waals surface area contributed by atoms with Gasteiger partial charge < -0.3 is 10.2 Å². The molecule has 2 rings (SSSR count). The Labute approximate surface area is 95.8 Å². The summed E-state index contributed by atoms with van der Waals surface area (Å²) >= 11 is 0. The molecule has 1 aromatic carbocycles. The maximum absolute atomic E-state index is 11.3. The molecular weight excluding hydrogens is 200 g/mol. The first-order valence-electron chi connectivity index (χ1n) is 5.43. The van der Waals surface area contributed by atoms with Gasteiger partial charge in [0.25, 0.3) is 0 Å². The average molecular weight is 216 g/mol. The van der Waals surface area contributed by atoms with E-state index in [2.05, 4.69) is 22.3 Å². The molecule has 84 valence electrons. The molecule has 1 aromatic rings. The highest BCUT2D eigenvalue weighted by Gasteiger charge is 2.10. The number of allylic oxidation sites excluding steroid dienone is 1. The number of ketones is 1. The Morgan fingerprint density at radius 1 is 1.19 bits per heavy atom. The molecule has 0 fully saturated rings. The van der Waals surface area contributed by atoms with Crippen LogP contribution in [0.5, 0.6) is 0 Å². The lowest BCUT2D eigenvalue weighted by Crippen LogP contribution is -2.22. The second kappa shape index (κ2) is 4.39. The predicted octanol–water partition coefficient (Wildman–Crippen LogP) is 1.66. The van der Waals surface area contributed by atoms with Crippen LogP contribution in [0.1, 0.15) is 12.0 Å². The van der Waals surface area contributed by atoms with Crippen LogP contribution in [0.25, 0.3) is 5.70 Å². The molecule has 0 amide bonds. The summed E-state index contributed by atoms with van der Waals surface area (Å²) < 4.78 is 0. The van der Waals surface area contributed by atoms with Crippen LogP contribution in [-0.4, -0.2) is 26.4 Å². The fourth-order valence-corrected chi connectivity index (χ4v) is 1.73. The highest BCUT2D eigenvalue weighted by molar-refractivity contribution is 5.98. The molecular formula is C13H16N2O. The maximum Gasteiger partial charge on any atom is 0.159 e. The van der Waals surface area contributed by atoms with Gasteiger partial charge in [-0.05, 0) is 17.7 Å². The molecule has 0 radical (unpaired) electrons. The molecule has 1 aliphatic heterocycles. The third-order valence-electron chi connectivity index (χ3n) is 2.69. The number of benzene rings is 1. The Balaban J connectivity index is 2.24. The zero-order valence-corrected chi connectivity index (χ0v) is 9.66. The molecule has 0 atom stereocenters. The summed E-state index contributed by atoms with van der Waals surface area (Å²) in [5.74, 6) is 0.199. The van der Waals surface area contributed by atoms with E-state index in [1.54, 1.807) is 6.08 Å². The Morgan fingerprint density at radius 2 is 1.88 bits per heavy atom. The lowest BCUT2D eigenvalue weighted by molar-refractivity contribution is -0.114. The molecule has 0 unspecified atom stereocenters. The molecule has 16 heavy (non-hydrogen) atoms. The molecule has 3 nitrogen and oxygen atoms in total. The summed E-state index contributed by atoms with van der Waals surface area (Å²) in [4.78, 5) is 13.4. The first-order valence-corrected chi connectivity index (χ1v) is 5.43. The van der Waals surface area contributed by atoms with Crippen LogP contribution in [0.4, 0.5) is 5.69 Å². The lowest BCUT2D eigenvalue weighted by Gasteiger charge is -2.17. The number of rotatable bonds is 2. The van der Waals surface area contributed by atoms with E-state index < -0.39 is 0 Å². The van der Waals surface area contributed by atoms with Crippen molar-refractivity contribution < 1.29 is 4.79 Å². The zero-order valence-electron chi connectivity index (χ0n) is 9.66. The highest BCUT2D eigenvalue weighted by Crippen LogP contribution is 2.18. The molecule has 0 bridgehead atoms. The van der Waals surface area contributed by atoms with Gasteiger partial charge in [0.2, 0.25) is 0 Å². The molecule has 0 saturated carbocycles. The van der Waals surface area contributed by atoms with Gasteiger partial charge in [0.15, 0.2) is 5.78 Å². The van der Waals surface area contributed by atoms with Crippen molar-refractivity contribution in [3.8, 4) is 0 Å². The van der Waals surface area contributed by atoms with E-state index in [0.717, 1.165) is 23.5 Å². The minimum absolute atomic E-state index is 0.199. The SMILES string of the molecule is CN(C)c1ccc(C2=CC(=O)CCN2)cc1. The maximum atomic E-state index is 11.3. The minimum Gasteiger partial charge on any atom is -0.384 e. The largest absolute Gasteiger partial charge is 0.384 e. The van der Waals surface area contributed by atoms with Crippen LogP contribution < -0.4 is 10.2 Å². The van der Waals surface area contributed by atoms with Gasteiger partial charge in [-0.2, -0.15) is 0 Å². The van der Waals surface area contributed by atoms with E-state index in [9.17, 15) is 4.79 Å². The van der Waals surface area contributed by atoms with Crippen molar-refractivity contribution in [2.75, 3.05) is 25.5 Å². The standard InChI is InChI=1S/C13H16N2O/c1-15(2)11-5-3-10(4-6-11)13-9-12(16)7-8-14-13/h3-6,9,14H,7-8H2,1-2H3. The van der Waals surface area contributed by atoms with Gasteiger partial charge in [-0.3, -0.25) is 4.79 Å². The van der Waals surface area contributed by atoms with Crippen LogP contribution in [0.3, 0.4) is 0 Å². The third kappa shape index (κ3) is 2.24. The van der Waals surface area contributed by atoms with Gasteiger partial charge in [0, 0.05) is 44.5 Å². The highest BCUT2D eigenvalue weighted by atomic mass is 16.1. The number of nitrogens with one attached hydrogen (secondary N) is 1. The summed E-state index contributed by atoms with van der Waals surface area (Å²) in [6, 6.07) is 8.17. The van der Waals surface area contributed by atoms with Gasteiger partial charge in [-0.25, -0.2) is 0 Å². The quantitative estimate of drug-likeness (QED) is 0.816. The van der Waals surface area contributed by atoms with Crippen LogP contribution in [0.15, 0.2) is 30.3 Å². The topological polar surface area (TPSA) is 32.3 Å². The summed E-state index contributed by atoms with van der Waals surface area (Å²) in [6.07, 6.45) is 2.29. The summed E-state index contributed by atoms with van der Waals surface area (Å²) in [6.45, 7) is 0.736. The van der Waals surface area contributed by atoms with E-state index in [4.69, 9.17) is 0 Å². The van der Waals surface area contributed by atoms with Crippen LogP contribution in [-0.2, 0) is 4.79 Å². The smallest absolute Gasteiger partial charge is 0.159 e. The van der Waals surface area contributed by atoms with Crippen molar-refractivity contribution in [3.63, 3.8) is 0 Å². The van der Waals surface area contributed by atoms with E-state index in [1.165, 1.54) is 0 Å². The van der Waals surface area contributed by atoms with Gasteiger partial charge in [0.05, 0.1) is 0 Å². The number of anilines is 1. The Morgan fingerprint density at radius 3 is 2.44 bits per heavy atom. The van der Waals surface area contributed by atoms with E-state index in [-0.39, 0.29) is 5.78 Å². The number of carbonyl (C=O) groups is 1. The molecule has 0 aliphatic carbocycles. The molecule has 1 heterocycles. The lowest BCUT2D eigenvalue weighted by atomic mass is 10.1. The van der Waals surface area contributed by atoms with Crippen LogP contribution >= 0.6 is 0 Å². The van der Waals surface area contributed by atoms with E-state index >= 15 is 0 Å². The second-order valence-electron chi connectivity index (χ2n) is 4.14. The molecule has 1 N–H and O–H groups in total. The van der Waals surface area contributed by atoms with Gasteiger partial charge in [-0.15, -0.1) is 0 Å². The summed E-state index contributed by atoms with van der Waals surface area (Å²) in [5, 5.41) is 3.24. The van der Waals surface area contributed by atoms with Crippen molar-refractivity contribution in [1.29, 1.82) is 0 Å². The zero-order chi connectivity index (χ0) is 11.5. The second-order valence-corrected chi connectivity index (χ2v) is 4.14. The van der Waals surface area contributed by atoms with Crippen molar-refractivity contribution in [2.24, 2.45) is 0 Å². The van der Waals surface area contributed by atoms with Crippen molar-refractivity contribution in [1.82, 2.24) is 5.32 Å². The third-order valence-corrected chi connectivity index (χ3v) is 2.69. The fraction of sp³-hybridized carbons (Fsp3) is 0.308. The predicted molar refractivity (Wildman–Crippen MR) is 66.4 cm³/mol. The van der Waals surface area contributed by atoms with Crippen LogP contribution in [0, 0.1) is 0 Å². The van der Waals surface area contributed by atoms with Gasteiger partial charge in [-0.1, -0.05) is 12.1 Å². The normalized spacial score (nSPS) is 15.4. The van der Waals surface area contributed by atoms with Crippen molar-refractivity contribution in [2.45, 2.75) is 6.42 Å². The average Bonchev–Trinajstić information content (AvgIpc) is 2.29. The summed E-state index contributed by atoms with van der Waals surface area (Å²) in [7, 11) is 4.02. The van der Waals surface area contributed by atoms with Crippen molar-refractivity contribution >= 4 is 17.2 Å². The number of nitrogens with zero attached hydrogens (tertiary/aromatic N) is 1. The van der Waals surface area contributed by atoms with Crippen LogP contribution in [0.2, 0.25) is 0 Å². The fourth-order valence-electron chi connectivity index (χ4n) is 1.73. The molecule has 0 spiro atoms. The number of hydrogen-bond acceptors (Lipinski definition) is 3. The first-order chi connectivity index (χ1) is 7.66. The Bertz CT molecular complexity index is 418. The molecule has 0 saturated heterocycles. The number of carbonyl (C=O) groups excluding carboxylic acids is 1. The Kier molecular flexibility index (Phi) is 2.95. The van der Waals surface area contributed by atoms with Gasteiger partial charge in [0.1, 0.15) is 0 Å². The first kappa shape index (κ1) is 10.7. The van der Waals surface area contributed by atoms with E-state index in [1.807, 2.05) is 26.2 Å². The number of hydrogen-bond donors (Lipinski definition) is 1. The van der Waals surface area contributed by atoms with Gasteiger partial charge >= 0.3 is 0 Å². The summed E-state index contributed by atoms with van der Waals surface area (Å²) in [5.41, 5.74) is 3.16. The Hall–Kier alpha value is -1.77. The molecule has 1 aliphatic rings. The molecule has 3 heteroatoms. The van der Waals surface area contributed by atoms with Crippen molar-refractivity contribution in [3.05, 3.63) is 35.9 Å². The molecule has 0 aromatic heterocycles.